The molecule has 4 heterocycles. The van der Waals surface area contributed by atoms with Crippen molar-refractivity contribution < 1.29 is 8.78 Å². The van der Waals surface area contributed by atoms with E-state index in [4.69, 9.17) is 0 Å². The zero-order valence-corrected chi connectivity index (χ0v) is 15.5. The van der Waals surface area contributed by atoms with Gasteiger partial charge in [0, 0.05) is 60.0 Å². The molecule has 0 aliphatic carbocycles. The van der Waals surface area contributed by atoms with E-state index in [1.807, 2.05) is 0 Å². The molecule has 0 amide bonds. The molecule has 0 spiro atoms. The normalized spacial score (nSPS) is 12.7. The summed E-state index contributed by atoms with van der Waals surface area (Å²) in [5.41, 5.74) is 2.22. The van der Waals surface area contributed by atoms with Crippen molar-refractivity contribution in [1.29, 1.82) is 0 Å². The molecule has 1 atom stereocenters. The molecule has 0 saturated carbocycles. The first-order valence-corrected chi connectivity index (χ1v) is 8.81. The summed E-state index contributed by atoms with van der Waals surface area (Å²) in [7, 11) is 1.79. The maximum absolute atomic E-state index is 15.5. The molecule has 1 aromatic carbocycles. The summed E-state index contributed by atoms with van der Waals surface area (Å²) in [6, 6.07) is 2.08. The molecule has 0 radical (unpaired) electrons. The lowest BCUT2D eigenvalue weighted by molar-refractivity contribution is 0.484. The fourth-order valence-electron chi connectivity index (χ4n) is 3.40. The van der Waals surface area contributed by atoms with Gasteiger partial charge in [0.15, 0.2) is 5.65 Å². The summed E-state index contributed by atoms with van der Waals surface area (Å²) in [5, 5.41) is 12.2. The summed E-state index contributed by atoms with van der Waals surface area (Å²) in [4.78, 5) is 12.5. The Bertz CT molecular complexity index is 1370. The van der Waals surface area contributed by atoms with Crippen LogP contribution in [-0.4, -0.2) is 39.7 Å². The molecule has 8 nitrogen and oxygen atoms in total. The predicted molar refractivity (Wildman–Crippen MR) is 101 cm³/mol. The number of aromatic nitrogens is 8. The number of pyridine rings is 1. The van der Waals surface area contributed by atoms with Crippen molar-refractivity contribution in [1.82, 2.24) is 39.7 Å². The Hall–Kier alpha value is -3.82. The van der Waals surface area contributed by atoms with Crippen LogP contribution >= 0.6 is 0 Å². The second-order valence-electron chi connectivity index (χ2n) is 6.69. The number of halogens is 2. The Balaban J connectivity index is 1.68. The third kappa shape index (κ3) is 2.72. The number of rotatable bonds is 3. The molecule has 1 unspecified atom stereocenters. The van der Waals surface area contributed by atoms with Crippen LogP contribution in [0.2, 0.25) is 0 Å². The van der Waals surface area contributed by atoms with E-state index in [-0.39, 0.29) is 16.5 Å². The highest BCUT2D eigenvalue weighted by Gasteiger charge is 2.24. The third-order valence-corrected chi connectivity index (χ3v) is 4.85. The monoisotopic (exact) mass is 392 g/mol. The molecule has 0 bridgehead atoms. The van der Waals surface area contributed by atoms with Gasteiger partial charge in [-0.25, -0.2) is 23.4 Å². The van der Waals surface area contributed by atoms with Crippen LogP contribution in [0.25, 0.3) is 33.3 Å². The standard InChI is InChI=1S/C19H14F2N8/c1-10(29-19-18(26-27-29)22-3-4-23-19)16-14(20)6-15-13(17(16)21)5-11(7-24-15)12-8-25-28(2)9-12/h3-10H,1-2H3. The minimum absolute atomic E-state index is 0.139. The van der Waals surface area contributed by atoms with Gasteiger partial charge in [-0.05, 0) is 13.0 Å². The van der Waals surface area contributed by atoms with Crippen LogP contribution in [0, 0.1) is 11.6 Å². The van der Waals surface area contributed by atoms with E-state index in [1.54, 1.807) is 43.3 Å². The molecule has 0 N–H and O–H groups in total. The van der Waals surface area contributed by atoms with E-state index in [0.29, 0.717) is 16.9 Å². The molecule has 5 rings (SSSR count). The quantitative estimate of drug-likeness (QED) is 0.469. The highest BCUT2D eigenvalue weighted by molar-refractivity contribution is 5.85. The van der Waals surface area contributed by atoms with Gasteiger partial charge in [0.1, 0.15) is 11.6 Å². The van der Waals surface area contributed by atoms with E-state index in [9.17, 15) is 4.39 Å². The highest BCUT2D eigenvalue weighted by atomic mass is 19.1. The van der Waals surface area contributed by atoms with Gasteiger partial charge in [-0.3, -0.25) is 9.67 Å². The minimum atomic E-state index is -0.789. The van der Waals surface area contributed by atoms with Gasteiger partial charge >= 0.3 is 0 Å². The minimum Gasteiger partial charge on any atom is -0.275 e. The summed E-state index contributed by atoms with van der Waals surface area (Å²) in [6.07, 6.45) is 7.99. The molecular weight excluding hydrogens is 378 g/mol. The second-order valence-corrected chi connectivity index (χ2v) is 6.69. The fraction of sp³-hybridized carbons (Fsp3) is 0.158. The predicted octanol–water partition coefficient (Wildman–Crippen LogP) is 3.06. The van der Waals surface area contributed by atoms with Gasteiger partial charge in [-0.1, -0.05) is 5.21 Å². The number of fused-ring (bicyclic) bond motifs is 2. The SMILES string of the molecule is CC(c1c(F)cc2ncc(-c3cnn(C)c3)cc2c1F)n1nnc2nccnc21. The Morgan fingerprint density at radius 2 is 1.83 bits per heavy atom. The summed E-state index contributed by atoms with van der Waals surface area (Å²) in [6.45, 7) is 1.63. The van der Waals surface area contributed by atoms with E-state index >= 15 is 4.39 Å². The van der Waals surface area contributed by atoms with E-state index < -0.39 is 17.7 Å². The van der Waals surface area contributed by atoms with E-state index in [1.165, 1.54) is 23.1 Å². The van der Waals surface area contributed by atoms with Crippen LogP contribution in [0.3, 0.4) is 0 Å². The van der Waals surface area contributed by atoms with E-state index in [0.717, 1.165) is 5.56 Å². The van der Waals surface area contributed by atoms with Crippen LogP contribution in [-0.2, 0) is 7.05 Å². The lowest BCUT2D eigenvalue weighted by atomic mass is 10.0. The maximum Gasteiger partial charge on any atom is 0.221 e. The van der Waals surface area contributed by atoms with Crippen molar-refractivity contribution in [3.63, 3.8) is 0 Å². The molecule has 29 heavy (non-hydrogen) atoms. The molecule has 0 aliphatic rings. The van der Waals surface area contributed by atoms with Crippen LogP contribution in [0.15, 0.2) is 43.1 Å². The van der Waals surface area contributed by atoms with Crippen molar-refractivity contribution in [2.45, 2.75) is 13.0 Å². The second kappa shape index (κ2) is 6.36. The number of hydrogen-bond donors (Lipinski definition) is 0. The first kappa shape index (κ1) is 17.3. The molecule has 0 saturated heterocycles. The van der Waals surface area contributed by atoms with Gasteiger partial charge < -0.3 is 0 Å². The average molecular weight is 392 g/mol. The van der Waals surface area contributed by atoms with Crippen molar-refractivity contribution >= 4 is 22.2 Å². The number of aryl methyl sites for hydroxylation is 1. The van der Waals surface area contributed by atoms with Crippen molar-refractivity contribution in [2.24, 2.45) is 7.05 Å². The van der Waals surface area contributed by atoms with Gasteiger partial charge in [-0.2, -0.15) is 5.10 Å². The van der Waals surface area contributed by atoms with Crippen LogP contribution in [0.4, 0.5) is 8.78 Å². The molecule has 5 aromatic rings. The average Bonchev–Trinajstić information content (AvgIpc) is 3.34. The molecule has 144 valence electrons. The Labute approximate surface area is 162 Å². The highest BCUT2D eigenvalue weighted by Crippen LogP contribution is 2.32. The molecule has 0 aliphatic heterocycles. The lowest BCUT2D eigenvalue weighted by Crippen LogP contribution is -2.13. The zero-order valence-electron chi connectivity index (χ0n) is 15.5. The zero-order chi connectivity index (χ0) is 20.1. The van der Waals surface area contributed by atoms with Crippen LogP contribution in [0.1, 0.15) is 18.5 Å². The fourth-order valence-corrected chi connectivity index (χ4v) is 3.40. The topological polar surface area (TPSA) is 87.2 Å². The van der Waals surface area contributed by atoms with Crippen molar-refractivity contribution in [3.05, 3.63) is 60.3 Å². The largest absolute Gasteiger partial charge is 0.275 e. The first-order chi connectivity index (χ1) is 14.0. The summed E-state index contributed by atoms with van der Waals surface area (Å²) < 4.78 is 33.3. The Kier molecular flexibility index (Phi) is 3.79. The smallest absolute Gasteiger partial charge is 0.221 e. The van der Waals surface area contributed by atoms with Gasteiger partial charge in [0.05, 0.1) is 17.8 Å². The number of hydrogen-bond acceptors (Lipinski definition) is 6. The molecular formula is C19H14F2N8. The lowest BCUT2D eigenvalue weighted by Gasteiger charge is -2.16. The van der Waals surface area contributed by atoms with Gasteiger partial charge in [0.25, 0.3) is 0 Å². The molecule has 0 fully saturated rings. The van der Waals surface area contributed by atoms with Gasteiger partial charge in [-0.15, -0.1) is 5.10 Å². The first-order valence-electron chi connectivity index (χ1n) is 8.81. The van der Waals surface area contributed by atoms with Crippen LogP contribution < -0.4 is 0 Å². The Morgan fingerprint density at radius 1 is 1.00 bits per heavy atom. The van der Waals surface area contributed by atoms with Crippen LogP contribution in [0.5, 0.6) is 0 Å². The van der Waals surface area contributed by atoms with Crippen molar-refractivity contribution in [2.75, 3.05) is 0 Å². The summed E-state index contributed by atoms with van der Waals surface area (Å²) in [5.74, 6) is -1.41. The molecule has 4 aromatic heterocycles. The van der Waals surface area contributed by atoms with E-state index in [2.05, 4.69) is 30.4 Å². The third-order valence-electron chi connectivity index (χ3n) is 4.85. The van der Waals surface area contributed by atoms with Crippen molar-refractivity contribution in [3.8, 4) is 11.1 Å². The molecule has 10 heteroatoms. The maximum atomic E-state index is 15.5. The number of benzene rings is 1. The van der Waals surface area contributed by atoms with Gasteiger partial charge in [0.2, 0.25) is 5.65 Å². The number of nitrogens with zero attached hydrogens (tertiary/aromatic N) is 8. The Morgan fingerprint density at radius 3 is 2.62 bits per heavy atom. The summed E-state index contributed by atoms with van der Waals surface area (Å²) >= 11 is 0.